The van der Waals surface area contributed by atoms with Crippen molar-refractivity contribution in [2.75, 3.05) is 6.61 Å². The normalized spacial score (nSPS) is 30.1. The zero-order valence-corrected chi connectivity index (χ0v) is 11.8. The van der Waals surface area contributed by atoms with Crippen LogP contribution in [0.4, 0.5) is 0 Å². The summed E-state index contributed by atoms with van der Waals surface area (Å²) in [6.45, 7) is 4.47. The molecule has 0 aromatic heterocycles. The minimum absolute atomic E-state index is 0.156. The Morgan fingerprint density at radius 1 is 1.50 bits per heavy atom. The van der Waals surface area contributed by atoms with E-state index in [0.717, 1.165) is 17.6 Å². The van der Waals surface area contributed by atoms with Crippen LogP contribution in [0.5, 0.6) is 0 Å². The number of hydrogen-bond donors (Lipinski definition) is 1. The molecular weight excluding hydrogens is 276 g/mol. The molecule has 5 heteroatoms. The zero-order valence-electron chi connectivity index (χ0n) is 11.0. The van der Waals surface area contributed by atoms with Crippen LogP contribution in [0.25, 0.3) is 0 Å². The molecule has 0 spiro atoms. The molecule has 1 aliphatic carbocycles. The van der Waals surface area contributed by atoms with Crippen LogP contribution in [0.3, 0.4) is 0 Å². The summed E-state index contributed by atoms with van der Waals surface area (Å²) in [7, 11) is 0. The zero-order chi connectivity index (χ0) is 14.3. The first kappa shape index (κ1) is 13.5. The van der Waals surface area contributed by atoms with Crippen LogP contribution in [0, 0.1) is 11.3 Å². The van der Waals surface area contributed by atoms with Crippen molar-refractivity contribution in [3.63, 3.8) is 0 Å². The number of cyclic esters (lactones) is 1. The Morgan fingerprint density at radius 2 is 2.30 bits per heavy atom. The summed E-state index contributed by atoms with van der Waals surface area (Å²) < 4.78 is 25.5. The van der Waals surface area contributed by atoms with E-state index in [1.807, 2.05) is 6.07 Å². The SMILES string of the molecule is C=C1CC2COC(=O)C2(Cc2cccc(S(=O)O)c2)C1. The van der Waals surface area contributed by atoms with Gasteiger partial charge in [-0.2, -0.15) is 0 Å². The van der Waals surface area contributed by atoms with Gasteiger partial charge in [-0.05, 0) is 37.0 Å². The van der Waals surface area contributed by atoms with Gasteiger partial charge in [-0.1, -0.05) is 24.3 Å². The second-order valence-electron chi connectivity index (χ2n) is 5.66. The van der Waals surface area contributed by atoms with E-state index in [2.05, 4.69) is 6.58 Å². The van der Waals surface area contributed by atoms with Crippen molar-refractivity contribution in [3.8, 4) is 0 Å². The lowest BCUT2D eigenvalue weighted by molar-refractivity contribution is -0.146. The van der Waals surface area contributed by atoms with Gasteiger partial charge in [-0.3, -0.25) is 4.79 Å². The fourth-order valence-electron chi connectivity index (χ4n) is 3.39. The summed E-state index contributed by atoms with van der Waals surface area (Å²) in [5.41, 5.74) is 1.46. The number of ether oxygens (including phenoxy) is 1. The van der Waals surface area contributed by atoms with Crippen molar-refractivity contribution in [3.05, 3.63) is 42.0 Å². The Labute approximate surface area is 120 Å². The molecule has 1 N–H and O–H groups in total. The standard InChI is InChI=1S/C15H16O4S/c1-10-5-12-9-19-14(16)15(12,7-10)8-11-3-2-4-13(6-11)20(17)18/h2-4,6,12H,1,5,7-9H2,(H,17,18). The van der Waals surface area contributed by atoms with Gasteiger partial charge in [-0.25, -0.2) is 4.21 Å². The maximum Gasteiger partial charge on any atom is 0.313 e. The Hall–Kier alpha value is -1.46. The Bertz CT molecular complexity index is 610. The average molecular weight is 292 g/mol. The monoisotopic (exact) mass is 292 g/mol. The molecule has 3 rings (SSSR count). The Morgan fingerprint density at radius 3 is 3.05 bits per heavy atom. The first-order valence-electron chi connectivity index (χ1n) is 6.55. The molecule has 106 valence electrons. The summed E-state index contributed by atoms with van der Waals surface area (Å²) in [5.74, 6) is 0.0301. The molecule has 2 fully saturated rings. The van der Waals surface area contributed by atoms with E-state index in [9.17, 15) is 9.00 Å². The molecule has 2 aliphatic rings. The molecule has 1 aromatic carbocycles. The van der Waals surface area contributed by atoms with E-state index >= 15 is 0 Å². The Balaban J connectivity index is 1.93. The van der Waals surface area contributed by atoms with Crippen molar-refractivity contribution in [1.82, 2.24) is 0 Å². The molecule has 4 nitrogen and oxygen atoms in total. The number of hydrogen-bond acceptors (Lipinski definition) is 3. The maximum absolute atomic E-state index is 12.2. The van der Waals surface area contributed by atoms with Gasteiger partial charge in [0.1, 0.15) is 0 Å². The largest absolute Gasteiger partial charge is 0.465 e. The minimum Gasteiger partial charge on any atom is -0.465 e. The third-order valence-electron chi connectivity index (χ3n) is 4.32. The predicted octanol–water partition coefficient (Wildman–Crippen LogP) is 2.32. The van der Waals surface area contributed by atoms with Gasteiger partial charge in [0.2, 0.25) is 0 Å². The average Bonchev–Trinajstić information content (AvgIpc) is 2.86. The molecule has 0 amide bonds. The van der Waals surface area contributed by atoms with Gasteiger partial charge < -0.3 is 9.29 Å². The van der Waals surface area contributed by atoms with Gasteiger partial charge >= 0.3 is 5.97 Å². The molecule has 0 radical (unpaired) electrons. The highest BCUT2D eigenvalue weighted by Crippen LogP contribution is 2.52. The number of carbonyl (C=O) groups excluding carboxylic acids is 1. The Kier molecular flexibility index (Phi) is 3.26. The fourth-order valence-corrected chi connectivity index (χ4v) is 3.84. The van der Waals surface area contributed by atoms with E-state index < -0.39 is 16.5 Å². The molecular formula is C15H16O4S. The first-order chi connectivity index (χ1) is 9.51. The first-order valence-corrected chi connectivity index (χ1v) is 7.65. The topological polar surface area (TPSA) is 63.6 Å². The van der Waals surface area contributed by atoms with Crippen molar-refractivity contribution in [1.29, 1.82) is 0 Å². The van der Waals surface area contributed by atoms with Crippen molar-refractivity contribution in [2.24, 2.45) is 11.3 Å². The summed E-state index contributed by atoms with van der Waals surface area (Å²) in [6.07, 6.45) is 2.03. The lowest BCUT2D eigenvalue weighted by Crippen LogP contribution is -2.31. The lowest BCUT2D eigenvalue weighted by atomic mass is 9.75. The van der Waals surface area contributed by atoms with Gasteiger partial charge in [0, 0.05) is 5.92 Å². The fraction of sp³-hybridized carbons (Fsp3) is 0.400. The number of carbonyl (C=O) groups is 1. The van der Waals surface area contributed by atoms with E-state index in [4.69, 9.17) is 9.29 Å². The third kappa shape index (κ3) is 2.11. The van der Waals surface area contributed by atoms with Gasteiger partial charge in [0.15, 0.2) is 11.1 Å². The predicted molar refractivity (Wildman–Crippen MR) is 74.4 cm³/mol. The molecule has 0 bridgehead atoms. The number of esters is 1. The molecule has 1 aliphatic heterocycles. The smallest absolute Gasteiger partial charge is 0.313 e. The molecule has 3 unspecified atom stereocenters. The molecule has 1 saturated carbocycles. The second-order valence-corrected chi connectivity index (χ2v) is 6.63. The van der Waals surface area contributed by atoms with Crippen LogP contribution < -0.4 is 0 Å². The summed E-state index contributed by atoms with van der Waals surface area (Å²) in [4.78, 5) is 12.5. The molecule has 1 saturated heterocycles. The molecule has 3 atom stereocenters. The van der Waals surface area contributed by atoms with Crippen LogP contribution >= 0.6 is 0 Å². The summed E-state index contributed by atoms with van der Waals surface area (Å²) in [6, 6.07) is 6.92. The van der Waals surface area contributed by atoms with Crippen molar-refractivity contribution < 1.29 is 18.3 Å². The molecule has 20 heavy (non-hydrogen) atoms. The van der Waals surface area contributed by atoms with Crippen LogP contribution in [0.15, 0.2) is 41.3 Å². The highest BCUT2D eigenvalue weighted by molar-refractivity contribution is 7.79. The third-order valence-corrected chi connectivity index (χ3v) is 4.98. The van der Waals surface area contributed by atoms with Gasteiger partial charge in [-0.15, -0.1) is 0 Å². The van der Waals surface area contributed by atoms with Crippen LogP contribution in [-0.4, -0.2) is 21.3 Å². The number of rotatable bonds is 3. The van der Waals surface area contributed by atoms with Crippen molar-refractivity contribution >= 4 is 17.0 Å². The molecule has 1 aromatic rings. The maximum atomic E-state index is 12.2. The minimum atomic E-state index is -2.00. The van der Waals surface area contributed by atoms with E-state index in [0.29, 0.717) is 24.3 Å². The van der Waals surface area contributed by atoms with E-state index in [-0.39, 0.29) is 11.9 Å². The molecule has 1 heterocycles. The van der Waals surface area contributed by atoms with E-state index in [1.54, 1.807) is 18.2 Å². The van der Waals surface area contributed by atoms with Gasteiger partial charge in [0.05, 0.1) is 16.9 Å². The highest BCUT2D eigenvalue weighted by atomic mass is 32.2. The second kappa shape index (κ2) is 4.82. The highest BCUT2D eigenvalue weighted by Gasteiger charge is 2.55. The van der Waals surface area contributed by atoms with Gasteiger partial charge in [0.25, 0.3) is 0 Å². The van der Waals surface area contributed by atoms with Crippen molar-refractivity contribution in [2.45, 2.75) is 24.2 Å². The number of fused-ring (bicyclic) bond motifs is 1. The van der Waals surface area contributed by atoms with Crippen LogP contribution in [0.2, 0.25) is 0 Å². The van der Waals surface area contributed by atoms with Crippen LogP contribution in [0.1, 0.15) is 18.4 Å². The van der Waals surface area contributed by atoms with Crippen LogP contribution in [-0.2, 0) is 27.0 Å². The quantitative estimate of drug-likeness (QED) is 0.527. The number of benzene rings is 1. The van der Waals surface area contributed by atoms with E-state index in [1.165, 1.54) is 0 Å². The summed E-state index contributed by atoms with van der Waals surface area (Å²) in [5, 5.41) is 0. The number of allylic oxidation sites excluding steroid dienone is 1. The summed E-state index contributed by atoms with van der Waals surface area (Å²) >= 11 is -2.00. The lowest BCUT2D eigenvalue weighted by Gasteiger charge is -2.24.